The summed E-state index contributed by atoms with van der Waals surface area (Å²) >= 11 is 2.99. The quantitative estimate of drug-likeness (QED) is 0.713. The molecule has 0 unspecified atom stereocenters. The Morgan fingerprint density at radius 2 is 1.96 bits per heavy atom. The Morgan fingerprint density at radius 3 is 2.85 bits per heavy atom. The average molecular weight is 389 g/mol. The number of anilines is 2. The van der Waals surface area contributed by atoms with E-state index in [2.05, 4.69) is 33.0 Å². The van der Waals surface area contributed by atoms with Crippen molar-refractivity contribution in [3.8, 4) is 0 Å². The molecule has 0 spiro atoms. The summed E-state index contributed by atoms with van der Waals surface area (Å²) in [4.78, 5) is 12.2. The van der Waals surface area contributed by atoms with Gasteiger partial charge in [0.05, 0.1) is 5.75 Å². The van der Waals surface area contributed by atoms with Crippen LogP contribution in [0.1, 0.15) is 49.7 Å². The lowest BCUT2D eigenvalue weighted by Crippen LogP contribution is -2.21. The van der Waals surface area contributed by atoms with E-state index in [1.165, 1.54) is 61.4 Å². The number of carbonyl (C=O) groups is 1. The van der Waals surface area contributed by atoms with Crippen LogP contribution in [0.4, 0.5) is 10.8 Å². The largest absolute Gasteiger partial charge is 0.357 e. The lowest BCUT2D eigenvalue weighted by atomic mass is 9.96. The monoisotopic (exact) mass is 388 g/mol. The molecule has 2 aliphatic carbocycles. The van der Waals surface area contributed by atoms with Gasteiger partial charge in [0.25, 0.3) is 0 Å². The van der Waals surface area contributed by atoms with Crippen molar-refractivity contribution in [2.45, 2.75) is 61.7 Å². The van der Waals surface area contributed by atoms with Gasteiger partial charge in [0.15, 0.2) is 4.34 Å². The predicted octanol–water partition coefficient (Wildman–Crippen LogP) is 4.50. The van der Waals surface area contributed by atoms with Gasteiger partial charge in [-0.05, 0) is 55.4 Å². The van der Waals surface area contributed by atoms with Crippen LogP contribution in [0.5, 0.6) is 0 Å². The van der Waals surface area contributed by atoms with Gasteiger partial charge < -0.3 is 10.6 Å². The van der Waals surface area contributed by atoms with E-state index in [1.807, 2.05) is 6.07 Å². The Labute approximate surface area is 162 Å². The first-order valence-electron chi connectivity index (χ1n) is 9.41. The third-order valence-electron chi connectivity index (χ3n) is 5.05. The fraction of sp³-hybridized carbons (Fsp3) is 0.526. The van der Waals surface area contributed by atoms with E-state index in [0.29, 0.717) is 11.8 Å². The number of thioether (sulfide) groups is 1. The van der Waals surface area contributed by atoms with Gasteiger partial charge in [0.1, 0.15) is 0 Å². The number of hydrogen-bond acceptors (Lipinski definition) is 6. The molecule has 1 aromatic carbocycles. The van der Waals surface area contributed by atoms with Gasteiger partial charge in [-0.1, -0.05) is 48.4 Å². The molecule has 7 heteroatoms. The van der Waals surface area contributed by atoms with Gasteiger partial charge in [-0.3, -0.25) is 4.79 Å². The van der Waals surface area contributed by atoms with Gasteiger partial charge in [0, 0.05) is 11.7 Å². The summed E-state index contributed by atoms with van der Waals surface area (Å²) < 4.78 is 0.840. The molecule has 0 bridgehead atoms. The molecule has 0 saturated heterocycles. The van der Waals surface area contributed by atoms with Gasteiger partial charge in [0.2, 0.25) is 11.0 Å². The highest BCUT2D eigenvalue weighted by Crippen LogP contribution is 2.29. The Morgan fingerprint density at radius 1 is 1.12 bits per heavy atom. The molecule has 0 atom stereocenters. The minimum absolute atomic E-state index is 0.00457. The zero-order chi connectivity index (χ0) is 17.8. The number of benzene rings is 1. The van der Waals surface area contributed by atoms with Gasteiger partial charge in [-0.25, -0.2) is 0 Å². The van der Waals surface area contributed by atoms with Crippen LogP contribution in [0.15, 0.2) is 22.5 Å². The molecule has 4 rings (SSSR count). The molecular weight excluding hydrogens is 364 g/mol. The van der Waals surface area contributed by atoms with Crippen LogP contribution in [0.25, 0.3) is 0 Å². The molecule has 1 aromatic heterocycles. The normalized spacial score (nSPS) is 17.1. The van der Waals surface area contributed by atoms with E-state index in [-0.39, 0.29) is 5.91 Å². The molecule has 1 saturated carbocycles. The molecule has 2 aliphatic rings. The van der Waals surface area contributed by atoms with Crippen molar-refractivity contribution >= 4 is 39.8 Å². The Hall–Kier alpha value is -1.60. The summed E-state index contributed by atoms with van der Waals surface area (Å²) in [7, 11) is 0. The van der Waals surface area contributed by atoms with E-state index in [4.69, 9.17) is 0 Å². The van der Waals surface area contributed by atoms with Crippen molar-refractivity contribution in [1.82, 2.24) is 10.2 Å². The van der Waals surface area contributed by atoms with Crippen LogP contribution in [-0.4, -0.2) is 27.9 Å². The Bertz CT molecular complexity index is 771. The number of rotatable bonds is 6. The number of aromatic nitrogens is 2. The predicted molar refractivity (Wildman–Crippen MR) is 108 cm³/mol. The number of hydrogen-bond donors (Lipinski definition) is 2. The lowest BCUT2D eigenvalue weighted by molar-refractivity contribution is -0.113. The van der Waals surface area contributed by atoms with Gasteiger partial charge in [-0.15, -0.1) is 10.2 Å². The summed E-state index contributed by atoms with van der Waals surface area (Å²) in [6.07, 6.45) is 9.85. The summed E-state index contributed by atoms with van der Waals surface area (Å²) in [6.45, 7) is 0. The molecule has 2 aromatic rings. The van der Waals surface area contributed by atoms with Crippen molar-refractivity contribution in [2.24, 2.45) is 0 Å². The summed E-state index contributed by atoms with van der Waals surface area (Å²) in [5.74, 6) is 0.361. The number of nitrogens with one attached hydrogen (secondary N) is 2. The van der Waals surface area contributed by atoms with Crippen molar-refractivity contribution in [3.63, 3.8) is 0 Å². The fourth-order valence-corrected chi connectivity index (χ4v) is 5.35. The third-order valence-corrected chi connectivity index (χ3v) is 7.04. The summed E-state index contributed by atoms with van der Waals surface area (Å²) in [6, 6.07) is 6.78. The molecule has 1 fully saturated rings. The van der Waals surface area contributed by atoms with Crippen LogP contribution >= 0.6 is 23.1 Å². The van der Waals surface area contributed by atoms with E-state index in [0.717, 1.165) is 28.0 Å². The molecule has 1 heterocycles. The molecule has 26 heavy (non-hydrogen) atoms. The topological polar surface area (TPSA) is 66.9 Å². The molecule has 1 amide bonds. The van der Waals surface area contributed by atoms with E-state index in [9.17, 15) is 4.79 Å². The molecule has 138 valence electrons. The van der Waals surface area contributed by atoms with Crippen LogP contribution in [0, 0.1) is 0 Å². The second-order valence-corrected chi connectivity index (χ2v) is 9.23. The third kappa shape index (κ3) is 4.57. The molecule has 5 nitrogen and oxygen atoms in total. The highest BCUT2D eigenvalue weighted by molar-refractivity contribution is 8.01. The van der Waals surface area contributed by atoms with Crippen LogP contribution in [0.3, 0.4) is 0 Å². The van der Waals surface area contributed by atoms with Crippen molar-refractivity contribution in [1.29, 1.82) is 0 Å². The second kappa shape index (κ2) is 8.39. The van der Waals surface area contributed by atoms with Crippen LogP contribution in [0.2, 0.25) is 0 Å². The lowest BCUT2D eigenvalue weighted by Gasteiger charge is -2.21. The number of nitrogens with zero attached hydrogens (tertiary/aromatic N) is 2. The van der Waals surface area contributed by atoms with Crippen LogP contribution in [-0.2, 0) is 17.6 Å². The highest BCUT2D eigenvalue weighted by Gasteiger charge is 2.16. The van der Waals surface area contributed by atoms with Gasteiger partial charge in [-0.2, -0.15) is 0 Å². The average Bonchev–Trinajstić information content (AvgIpc) is 3.29. The fourth-order valence-electron chi connectivity index (χ4n) is 3.72. The molecule has 2 N–H and O–H groups in total. The first-order chi connectivity index (χ1) is 12.8. The highest BCUT2D eigenvalue weighted by atomic mass is 32.2. The maximum absolute atomic E-state index is 12.2. The number of fused-ring (bicyclic) bond motifs is 1. The summed E-state index contributed by atoms with van der Waals surface area (Å²) in [5, 5.41) is 15.8. The van der Waals surface area contributed by atoms with Crippen LogP contribution < -0.4 is 10.6 Å². The van der Waals surface area contributed by atoms with E-state index >= 15 is 0 Å². The molecule has 0 radical (unpaired) electrons. The number of carbonyl (C=O) groups excluding carboxylic acids is 1. The Kier molecular flexibility index (Phi) is 5.75. The smallest absolute Gasteiger partial charge is 0.234 e. The minimum Gasteiger partial charge on any atom is -0.357 e. The Balaban J connectivity index is 1.25. The first kappa shape index (κ1) is 17.8. The molecular formula is C19H24N4OS2. The van der Waals surface area contributed by atoms with Gasteiger partial charge >= 0.3 is 0 Å². The van der Waals surface area contributed by atoms with Crippen molar-refractivity contribution in [3.05, 3.63) is 29.3 Å². The van der Waals surface area contributed by atoms with Crippen molar-refractivity contribution < 1.29 is 4.79 Å². The number of amides is 1. The SMILES string of the molecule is O=C(CSc1nnc(NC2CCCCC2)s1)Nc1ccc2c(c1)CCC2. The minimum atomic E-state index is 0.00457. The van der Waals surface area contributed by atoms with E-state index < -0.39 is 0 Å². The zero-order valence-electron chi connectivity index (χ0n) is 14.8. The summed E-state index contributed by atoms with van der Waals surface area (Å²) in [5.41, 5.74) is 3.69. The number of aryl methyl sites for hydroxylation is 2. The first-order valence-corrected chi connectivity index (χ1v) is 11.2. The maximum Gasteiger partial charge on any atom is 0.234 e. The second-order valence-electron chi connectivity index (χ2n) is 7.03. The zero-order valence-corrected chi connectivity index (χ0v) is 16.4. The standard InChI is InChI=1S/C19H24N4OS2/c24-17(20-16-10-9-13-5-4-6-14(13)11-16)12-25-19-23-22-18(26-19)21-15-7-2-1-3-8-15/h9-11,15H,1-8,12H2,(H,20,24)(H,21,22). The maximum atomic E-state index is 12.2. The van der Waals surface area contributed by atoms with Crippen molar-refractivity contribution in [2.75, 3.05) is 16.4 Å². The van der Waals surface area contributed by atoms with E-state index in [1.54, 1.807) is 11.3 Å². The molecule has 0 aliphatic heterocycles.